The number of carbonyl (C=O) groups is 1. The molecule has 1 N–H and O–H groups in total. The Morgan fingerprint density at radius 2 is 1.77 bits per heavy atom. The van der Waals surface area contributed by atoms with Crippen molar-refractivity contribution >= 4 is 17.6 Å². The van der Waals surface area contributed by atoms with Crippen LogP contribution < -0.4 is 5.32 Å². The Balaban J connectivity index is 1.86. The molecule has 26 heavy (non-hydrogen) atoms. The van der Waals surface area contributed by atoms with Gasteiger partial charge in [-0.05, 0) is 43.3 Å². The summed E-state index contributed by atoms with van der Waals surface area (Å²) < 4.78 is 0. The van der Waals surface area contributed by atoms with Gasteiger partial charge in [0.05, 0.1) is 5.69 Å². The van der Waals surface area contributed by atoms with Crippen LogP contribution in [0, 0.1) is 0 Å². The van der Waals surface area contributed by atoms with Gasteiger partial charge in [0.15, 0.2) is 0 Å². The first-order chi connectivity index (χ1) is 12.7. The van der Waals surface area contributed by atoms with Gasteiger partial charge in [-0.15, -0.1) is 0 Å². The Labute approximate surface area is 155 Å². The first-order valence-electron chi connectivity index (χ1n) is 9.13. The van der Waals surface area contributed by atoms with E-state index in [2.05, 4.69) is 41.2 Å². The molecule has 0 aliphatic carbocycles. The maximum absolute atomic E-state index is 12.6. The van der Waals surface area contributed by atoms with E-state index in [0.29, 0.717) is 11.5 Å². The summed E-state index contributed by atoms with van der Waals surface area (Å²) in [4.78, 5) is 21.9. The van der Waals surface area contributed by atoms with Crippen LogP contribution in [0.25, 0.3) is 0 Å². The molecule has 136 valence electrons. The van der Waals surface area contributed by atoms with Crippen molar-refractivity contribution < 1.29 is 4.79 Å². The highest BCUT2D eigenvalue weighted by molar-refractivity contribution is 6.06. The maximum Gasteiger partial charge on any atom is 0.257 e. The van der Waals surface area contributed by atoms with Crippen molar-refractivity contribution in [2.45, 2.75) is 13.3 Å². The predicted octanol–water partition coefficient (Wildman–Crippen LogP) is 2.91. The van der Waals surface area contributed by atoms with E-state index in [1.54, 1.807) is 0 Å². The van der Waals surface area contributed by atoms with Crippen LogP contribution in [0.3, 0.4) is 0 Å². The standard InChI is InChI=1S/C21H26N4O/c1-3-17-8-7-11-19(16-17)22-21(25-14-12-24(2)13-15-25)23-20(26)18-9-5-4-6-10-18/h4-11,16H,3,12-15H2,1-2H3,(H,22,23,26). The molecular formula is C21H26N4O. The van der Waals surface area contributed by atoms with Gasteiger partial charge in [0.2, 0.25) is 5.96 Å². The summed E-state index contributed by atoms with van der Waals surface area (Å²) in [5.74, 6) is 0.495. The van der Waals surface area contributed by atoms with Crippen molar-refractivity contribution in [3.05, 3.63) is 65.7 Å². The molecule has 0 atom stereocenters. The lowest BCUT2D eigenvalue weighted by Gasteiger charge is -2.34. The number of piperazine rings is 1. The van der Waals surface area contributed by atoms with E-state index in [-0.39, 0.29) is 5.91 Å². The number of likely N-dealkylation sites (N-methyl/N-ethyl adjacent to an activating group) is 1. The van der Waals surface area contributed by atoms with Crippen LogP contribution in [0.2, 0.25) is 0 Å². The molecule has 0 unspecified atom stereocenters. The fourth-order valence-corrected chi connectivity index (χ4v) is 2.93. The van der Waals surface area contributed by atoms with Crippen LogP contribution in [0.1, 0.15) is 22.8 Å². The molecule has 1 fully saturated rings. The van der Waals surface area contributed by atoms with E-state index in [1.165, 1.54) is 5.56 Å². The maximum atomic E-state index is 12.6. The Morgan fingerprint density at radius 1 is 1.04 bits per heavy atom. The van der Waals surface area contributed by atoms with Gasteiger partial charge < -0.3 is 9.80 Å². The summed E-state index contributed by atoms with van der Waals surface area (Å²) in [6, 6.07) is 17.4. The minimum Gasteiger partial charge on any atom is -0.340 e. The second-order valence-electron chi connectivity index (χ2n) is 6.57. The number of nitrogens with one attached hydrogen (secondary N) is 1. The number of nitrogens with zero attached hydrogens (tertiary/aromatic N) is 3. The Bertz CT molecular complexity index is 765. The first-order valence-corrected chi connectivity index (χ1v) is 9.13. The van der Waals surface area contributed by atoms with Gasteiger partial charge in [-0.1, -0.05) is 37.3 Å². The number of carbonyl (C=O) groups excluding carboxylic acids is 1. The van der Waals surface area contributed by atoms with Gasteiger partial charge in [0, 0.05) is 31.7 Å². The summed E-state index contributed by atoms with van der Waals surface area (Å²) in [6.07, 6.45) is 0.962. The van der Waals surface area contributed by atoms with Gasteiger partial charge in [0.25, 0.3) is 5.91 Å². The van der Waals surface area contributed by atoms with Gasteiger partial charge in [-0.2, -0.15) is 0 Å². The molecule has 0 radical (unpaired) electrons. The van der Waals surface area contributed by atoms with E-state index in [4.69, 9.17) is 4.99 Å². The van der Waals surface area contributed by atoms with Crippen LogP contribution in [-0.2, 0) is 6.42 Å². The van der Waals surface area contributed by atoms with E-state index in [9.17, 15) is 4.79 Å². The number of aliphatic imine (C=N–C) groups is 1. The van der Waals surface area contributed by atoms with Gasteiger partial charge in [-0.25, -0.2) is 4.99 Å². The lowest BCUT2D eigenvalue weighted by atomic mass is 10.1. The van der Waals surface area contributed by atoms with Gasteiger partial charge in [-0.3, -0.25) is 10.1 Å². The van der Waals surface area contributed by atoms with Gasteiger partial charge in [0.1, 0.15) is 0 Å². The lowest BCUT2D eigenvalue weighted by molar-refractivity contribution is 0.0969. The molecule has 1 saturated heterocycles. The number of benzene rings is 2. The quantitative estimate of drug-likeness (QED) is 0.684. The van der Waals surface area contributed by atoms with Crippen molar-refractivity contribution in [1.29, 1.82) is 0 Å². The van der Waals surface area contributed by atoms with E-state index in [1.807, 2.05) is 42.5 Å². The average molecular weight is 350 g/mol. The second kappa shape index (κ2) is 8.63. The highest BCUT2D eigenvalue weighted by Crippen LogP contribution is 2.16. The molecular weight excluding hydrogens is 324 g/mol. The monoisotopic (exact) mass is 350 g/mol. The molecule has 0 aromatic heterocycles. The fraction of sp³-hybridized carbons (Fsp3) is 0.333. The number of hydrogen-bond donors (Lipinski definition) is 1. The van der Waals surface area contributed by atoms with Crippen molar-refractivity contribution in [1.82, 2.24) is 15.1 Å². The molecule has 5 heteroatoms. The minimum atomic E-state index is -0.130. The van der Waals surface area contributed by atoms with Crippen LogP contribution >= 0.6 is 0 Å². The number of aryl methyl sites for hydroxylation is 1. The summed E-state index contributed by atoms with van der Waals surface area (Å²) >= 11 is 0. The molecule has 0 bridgehead atoms. The van der Waals surface area contributed by atoms with E-state index >= 15 is 0 Å². The third-order valence-electron chi connectivity index (χ3n) is 4.62. The number of guanidine groups is 1. The summed E-state index contributed by atoms with van der Waals surface area (Å²) in [5, 5.41) is 3.02. The number of hydrogen-bond acceptors (Lipinski definition) is 3. The molecule has 0 saturated carbocycles. The second-order valence-corrected chi connectivity index (χ2v) is 6.57. The van der Waals surface area contributed by atoms with Crippen molar-refractivity contribution in [3.8, 4) is 0 Å². The molecule has 5 nitrogen and oxygen atoms in total. The first kappa shape index (κ1) is 18.1. The van der Waals surface area contributed by atoms with Crippen molar-refractivity contribution in [3.63, 3.8) is 0 Å². The molecule has 1 aliphatic heterocycles. The van der Waals surface area contributed by atoms with E-state index < -0.39 is 0 Å². The zero-order valence-electron chi connectivity index (χ0n) is 15.5. The Kier molecular flexibility index (Phi) is 6.02. The zero-order valence-corrected chi connectivity index (χ0v) is 15.5. The van der Waals surface area contributed by atoms with E-state index in [0.717, 1.165) is 38.3 Å². The largest absolute Gasteiger partial charge is 0.340 e. The SMILES string of the molecule is CCc1cccc(N=C(NC(=O)c2ccccc2)N2CCN(C)CC2)c1. The zero-order chi connectivity index (χ0) is 18.4. The summed E-state index contributed by atoms with van der Waals surface area (Å²) in [6.45, 7) is 5.72. The van der Waals surface area contributed by atoms with Crippen LogP contribution in [0.5, 0.6) is 0 Å². The lowest BCUT2D eigenvalue weighted by Crippen LogP contribution is -2.52. The Hall–Kier alpha value is -2.66. The van der Waals surface area contributed by atoms with Crippen molar-refractivity contribution in [2.75, 3.05) is 33.2 Å². The topological polar surface area (TPSA) is 47.9 Å². The molecule has 1 amide bonds. The summed E-state index contributed by atoms with van der Waals surface area (Å²) in [5.41, 5.74) is 2.74. The molecule has 1 aliphatic rings. The fourth-order valence-electron chi connectivity index (χ4n) is 2.93. The number of rotatable bonds is 3. The summed E-state index contributed by atoms with van der Waals surface area (Å²) in [7, 11) is 2.11. The van der Waals surface area contributed by atoms with Crippen LogP contribution in [-0.4, -0.2) is 54.9 Å². The van der Waals surface area contributed by atoms with Gasteiger partial charge >= 0.3 is 0 Å². The molecule has 2 aromatic rings. The third-order valence-corrected chi connectivity index (χ3v) is 4.62. The van der Waals surface area contributed by atoms with Crippen LogP contribution in [0.15, 0.2) is 59.6 Å². The van der Waals surface area contributed by atoms with Crippen LogP contribution in [0.4, 0.5) is 5.69 Å². The average Bonchev–Trinajstić information content (AvgIpc) is 2.69. The minimum absolute atomic E-state index is 0.130. The Morgan fingerprint density at radius 3 is 2.46 bits per heavy atom. The van der Waals surface area contributed by atoms with Crippen molar-refractivity contribution in [2.24, 2.45) is 4.99 Å². The smallest absolute Gasteiger partial charge is 0.257 e. The molecule has 3 rings (SSSR count). The molecule has 2 aromatic carbocycles. The number of amides is 1. The highest BCUT2D eigenvalue weighted by Gasteiger charge is 2.20. The third kappa shape index (κ3) is 4.70. The molecule has 1 heterocycles. The highest BCUT2D eigenvalue weighted by atomic mass is 16.1. The molecule has 0 spiro atoms. The predicted molar refractivity (Wildman–Crippen MR) is 106 cm³/mol. The normalized spacial score (nSPS) is 15.8.